The molecule has 0 saturated carbocycles. The molecule has 0 unspecified atom stereocenters. The minimum absolute atomic E-state index is 0.0340. The summed E-state index contributed by atoms with van der Waals surface area (Å²) in [5, 5.41) is 0. The van der Waals surface area contributed by atoms with Crippen molar-refractivity contribution in [3.63, 3.8) is 0 Å². The number of carbonyl (C=O) groups is 5. The van der Waals surface area contributed by atoms with Crippen molar-refractivity contribution in [1.29, 1.82) is 0 Å². The van der Waals surface area contributed by atoms with E-state index < -0.39 is 11.8 Å². The fourth-order valence-corrected chi connectivity index (χ4v) is 4.02. The number of aryl methyl sites for hydroxylation is 1. The lowest BCUT2D eigenvalue weighted by Gasteiger charge is -2.32. The number of nitrogens with zero attached hydrogens (tertiary/aromatic N) is 3. The number of esters is 1. The zero-order valence-electron chi connectivity index (χ0n) is 18.8. The number of hydrogen-bond donors (Lipinski definition) is 0. The third-order valence-electron chi connectivity index (χ3n) is 5.94. The van der Waals surface area contributed by atoms with Crippen LogP contribution < -0.4 is 0 Å². The summed E-state index contributed by atoms with van der Waals surface area (Å²) in [6, 6.07) is 5.07. The Balaban J connectivity index is 1.46. The smallest absolute Gasteiger partial charge is 0.309 e. The lowest BCUT2D eigenvalue weighted by Crippen LogP contribution is -2.46. The van der Waals surface area contributed by atoms with Crippen LogP contribution in [-0.2, 0) is 19.1 Å². The van der Waals surface area contributed by atoms with E-state index in [4.69, 9.17) is 4.74 Å². The summed E-state index contributed by atoms with van der Waals surface area (Å²) in [4.78, 5) is 65.9. The van der Waals surface area contributed by atoms with E-state index in [1.807, 2.05) is 6.92 Å². The van der Waals surface area contributed by atoms with Gasteiger partial charge in [0.25, 0.3) is 11.8 Å². The van der Waals surface area contributed by atoms with Crippen LogP contribution >= 0.6 is 0 Å². The Morgan fingerprint density at radius 3 is 2.41 bits per heavy atom. The van der Waals surface area contributed by atoms with Crippen LogP contribution in [0.4, 0.5) is 0 Å². The van der Waals surface area contributed by atoms with Crippen molar-refractivity contribution < 1.29 is 28.7 Å². The van der Waals surface area contributed by atoms with Crippen LogP contribution in [0.25, 0.3) is 0 Å². The molecule has 9 nitrogen and oxygen atoms in total. The first-order valence-corrected chi connectivity index (χ1v) is 10.9. The molecule has 0 radical (unpaired) electrons. The Hall–Kier alpha value is -3.23. The van der Waals surface area contributed by atoms with E-state index in [2.05, 4.69) is 0 Å². The van der Waals surface area contributed by atoms with Gasteiger partial charge in [0.2, 0.25) is 11.8 Å². The summed E-state index contributed by atoms with van der Waals surface area (Å²) in [7, 11) is 1.53. The van der Waals surface area contributed by atoms with Crippen LogP contribution in [-0.4, -0.2) is 84.1 Å². The van der Waals surface area contributed by atoms with Crippen LogP contribution in [0.15, 0.2) is 18.2 Å². The Bertz CT molecular complexity index is 936. The minimum atomic E-state index is -0.402. The summed E-state index contributed by atoms with van der Waals surface area (Å²) in [5.41, 5.74) is 1.59. The van der Waals surface area contributed by atoms with Crippen molar-refractivity contribution in [2.75, 3.05) is 39.8 Å². The van der Waals surface area contributed by atoms with E-state index in [0.29, 0.717) is 43.7 Å². The van der Waals surface area contributed by atoms with Crippen molar-refractivity contribution in [3.8, 4) is 0 Å². The number of fused-ring (bicyclic) bond motifs is 1. The van der Waals surface area contributed by atoms with E-state index in [1.165, 1.54) is 11.9 Å². The number of hydrogen-bond acceptors (Lipinski definition) is 6. The molecule has 2 heterocycles. The van der Waals surface area contributed by atoms with Gasteiger partial charge in [-0.15, -0.1) is 0 Å². The standard InChI is InChI=1S/C23H29N3O6/c1-4-32-23(31)16-7-10-25(11-8-16)20(28)14-24(3)19(27)9-12-26-21(29)17-6-5-15(2)13-18(17)22(26)30/h5-6,13,16H,4,7-12,14H2,1-3H3. The molecule has 0 N–H and O–H groups in total. The van der Waals surface area contributed by atoms with Gasteiger partial charge >= 0.3 is 5.97 Å². The number of likely N-dealkylation sites (N-methyl/N-ethyl adjacent to an activating group) is 1. The van der Waals surface area contributed by atoms with Gasteiger partial charge in [0.05, 0.1) is 30.2 Å². The van der Waals surface area contributed by atoms with Crippen molar-refractivity contribution in [1.82, 2.24) is 14.7 Å². The Labute approximate surface area is 187 Å². The topological polar surface area (TPSA) is 104 Å². The van der Waals surface area contributed by atoms with Crippen LogP contribution in [0.3, 0.4) is 0 Å². The highest BCUT2D eigenvalue weighted by Crippen LogP contribution is 2.24. The Kier molecular flexibility index (Phi) is 7.27. The Morgan fingerprint density at radius 2 is 1.75 bits per heavy atom. The maximum Gasteiger partial charge on any atom is 0.309 e. The van der Waals surface area contributed by atoms with Gasteiger partial charge in [-0.25, -0.2) is 0 Å². The van der Waals surface area contributed by atoms with Gasteiger partial charge in [0.1, 0.15) is 0 Å². The van der Waals surface area contributed by atoms with Gasteiger partial charge in [0.15, 0.2) is 0 Å². The molecule has 1 aromatic rings. The molecule has 1 aromatic carbocycles. The Morgan fingerprint density at radius 1 is 1.09 bits per heavy atom. The first-order valence-electron chi connectivity index (χ1n) is 10.9. The zero-order chi connectivity index (χ0) is 23.4. The highest BCUT2D eigenvalue weighted by atomic mass is 16.5. The third-order valence-corrected chi connectivity index (χ3v) is 5.94. The van der Waals surface area contributed by atoms with Gasteiger partial charge in [-0.2, -0.15) is 0 Å². The molecule has 0 spiro atoms. The largest absolute Gasteiger partial charge is 0.466 e. The average molecular weight is 444 g/mol. The van der Waals surface area contributed by atoms with Gasteiger partial charge < -0.3 is 14.5 Å². The molecule has 32 heavy (non-hydrogen) atoms. The lowest BCUT2D eigenvalue weighted by molar-refractivity contribution is -0.151. The number of rotatable bonds is 7. The van der Waals surface area contributed by atoms with E-state index in [0.717, 1.165) is 10.5 Å². The normalized spacial score (nSPS) is 16.2. The van der Waals surface area contributed by atoms with Crippen LogP contribution in [0.2, 0.25) is 0 Å². The summed E-state index contributed by atoms with van der Waals surface area (Å²) in [5.74, 6) is -1.74. The molecule has 3 rings (SSSR count). The number of amides is 4. The number of carbonyl (C=O) groups excluding carboxylic acids is 5. The van der Waals surface area contributed by atoms with Gasteiger partial charge in [0, 0.05) is 33.1 Å². The zero-order valence-corrected chi connectivity index (χ0v) is 18.8. The number of benzene rings is 1. The maximum absolute atomic E-state index is 12.6. The second kappa shape index (κ2) is 9.93. The predicted octanol–water partition coefficient (Wildman–Crippen LogP) is 1.24. The van der Waals surface area contributed by atoms with Gasteiger partial charge in [-0.3, -0.25) is 28.9 Å². The molecule has 2 aliphatic rings. The molecule has 1 saturated heterocycles. The third kappa shape index (κ3) is 4.98. The summed E-state index contributed by atoms with van der Waals surface area (Å²) < 4.78 is 5.04. The molecule has 9 heteroatoms. The summed E-state index contributed by atoms with van der Waals surface area (Å²) in [6.45, 7) is 4.70. The van der Waals surface area contributed by atoms with Gasteiger partial charge in [-0.1, -0.05) is 11.6 Å². The molecule has 0 bridgehead atoms. The molecule has 4 amide bonds. The number of piperidine rings is 1. The first-order chi connectivity index (χ1) is 15.2. The summed E-state index contributed by atoms with van der Waals surface area (Å²) >= 11 is 0. The van der Waals surface area contributed by atoms with E-state index >= 15 is 0 Å². The lowest BCUT2D eigenvalue weighted by atomic mass is 9.97. The van der Waals surface area contributed by atoms with Crippen LogP contribution in [0, 0.1) is 12.8 Å². The number of likely N-dealkylation sites (tertiary alicyclic amines) is 1. The number of ether oxygens (including phenoxy) is 1. The first kappa shape index (κ1) is 23.4. The second-order valence-electron chi connectivity index (χ2n) is 8.22. The minimum Gasteiger partial charge on any atom is -0.466 e. The predicted molar refractivity (Wildman–Crippen MR) is 115 cm³/mol. The molecule has 0 atom stereocenters. The molecule has 0 aliphatic carbocycles. The van der Waals surface area contributed by atoms with Crippen molar-refractivity contribution in [2.24, 2.45) is 5.92 Å². The van der Waals surface area contributed by atoms with Crippen LogP contribution in [0.5, 0.6) is 0 Å². The number of imide groups is 1. The molecular formula is C23H29N3O6. The van der Waals surface area contributed by atoms with Crippen molar-refractivity contribution in [3.05, 3.63) is 34.9 Å². The maximum atomic E-state index is 12.6. The highest BCUT2D eigenvalue weighted by molar-refractivity contribution is 6.21. The van der Waals surface area contributed by atoms with Crippen LogP contribution in [0.1, 0.15) is 52.5 Å². The summed E-state index contributed by atoms with van der Waals surface area (Å²) in [6.07, 6.45) is 1.03. The molecule has 172 valence electrons. The molecular weight excluding hydrogens is 414 g/mol. The van der Waals surface area contributed by atoms with E-state index in [1.54, 1.807) is 30.0 Å². The monoisotopic (exact) mass is 443 g/mol. The molecule has 2 aliphatic heterocycles. The van der Waals surface area contributed by atoms with Crippen molar-refractivity contribution in [2.45, 2.75) is 33.1 Å². The second-order valence-corrected chi connectivity index (χ2v) is 8.22. The van der Waals surface area contributed by atoms with E-state index in [-0.39, 0.29) is 43.2 Å². The van der Waals surface area contributed by atoms with Gasteiger partial charge in [-0.05, 0) is 38.8 Å². The SMILES string of the molecule is CCOC(=O)C1CCN(C(=O)CN(C)C(=O)CCN2C(=O)c3ccc(C)cc3C2=O)CC1. The highest BCUT2D eigenvalue weighted by Gasteiger charge is 2.36. The quantitative estimate of drug-likeness (QED) is 0.464. The van der Waals surface area contributed by atoms with E-state index in [9.17, 15) is 24.0 Å². The molecule has 0 aromatic heterocycles. The fraction of sp³-hybridized carbons (Fsp3) is 0.522. The average Bonchev–Trinajstić information content (AvgIpc) is 3.01. The van der Waals surface area contributed by atoms with Crippen molar-refractivity contribution >= 4 is 29.6 Å². The molecule has 1 fully saturated rings. The fourth-order valence-electron chi connectivity index (χ4n) is 4.02.